The second-order valence-corrected chi connectivity index (χ2v) is 5.06. The summed E-state index contributed by atoms with van der Waals surface area (Å²) in [6.07, 6.45) is 2.32. The summed E-state index contributed by atoms with van der Waals surface area (Å²) in [6, 6.07) is 7.78. The summed E-state index contributed by atoms with van der Waals surface area (Å²) >= 11 is 9.23. The molecule has 0 spiro atoms. The van der Waals surface area contributed by atoms with E-state index < -0.39 is 0 Å². The predicted octanol–water partition coefficient (Wildman–Crippen LogP) is 2.83. The first-order valence-corrected chi connectivity index (χ1v) is 6.83. The van der Waals surface area contributed by atoms with Gasteiger partial charge in [-0.05, 0) is 40.0 Å². The highest BCUT2D eigenvalue weighted by Crippen LogP contribution is 2.25. The quantitative estimate of drug-likeness (QED) is 0.575. The Balaban J connectivity index is 1.94. The zero-order valence-corrected chi connectivity index (χ0v) is 12.4. The fraction of sp³-hybridized carbons (Fsp3) is 0.167. The number of hydrogen-bond donors (Lipinski definition) is 3. The molecule has 2 rings (SSSR count). The minimum absolute atomic E-state index is 0.545. The van der Waals surface area contributed by atoms with E-state index in [9.17, 15) is 0 Å². The van der Waals surface area contributed by atoms with E-state index in [0.717, 1.165) is 18.0 Å². The summed E-state index contributed by atoms with van der Waals surface area (Å²) in [7, 11) is 0. The van der Waals surface area contributed by atoms with Gasteiger partial charge in [0.25, 0.3) is 0 Å². The van der Waals surface area contributed by atoms with Crippen LogP contribution in [-0.2, 0) is 6.42 Å². The first-order chi connectivity index (χ1) is 9.20. The van der Waals surface area contributed by atoms with Gasteiger partial charge in [0.2, 0.25) is 0 Å². The lowest BCUT2D eigenvalue weighted by Gasteiger charge is -2.09. The Morgan fingerprint density at radius 3 is 2.53 bits per heavy atom. The maximum absolute atomic E-state index is 5.84. The number of halogens is 2. The lowest BCUT2D eigenvalue weighted by molar-refractivity contribution is 0.994. The van der Waals surface area contributed by atoms with Crippen LogP contribution in [0.2, 0.25) is 5.02 Å². The molecule has 1 aromatic heterocycles. The van der Waals surface area contributed by atoms with E-state index in [1.807, 2.05) is 24.3 Å². The summed E-state index contributed by atoms with van der Waals surface area (Å²) in [6.45, 7) is 0.751. The van der Waals surface area contributed by atoms with E-state index in [4.69, 9.17) is 17.4 Å². The van der Waals surface area contributed by atoms with Crippen LogP contribution in [0.3, 0.4) is 0 Å². The molecule has 19 heavy (non-hydrogen) atoms. The molecular formula is C12H13BrClN5. The van der Waals surface area contributed by atoms with Crippen LogP contribution in [0.25, 0.3) is 0 Å². The van der Waals surface area contributed by atoms with Crippen molar-refractivity contribution in [2.24, 2.45) is 5.84 Å². The Labute approximate surface area is 124 Å². The molecule has 100 valence electrons. The van der Waals surface area contributed by atoms with Crippen LogP contribution in [0.1, 0.15) is 5.56 Å². The largest absolute Gasteiger partial charge is 0.369 e. The van der Waals surface area contributed by atoms with E-state index in [-0.39, 0.29) is 0 Å². The number of hydrogen-bond acceptors (Lipinski definition) is 5. The Kier molecular flexibility index (Phi) is 4.95. The number of rotatable bonds is 5. The molecule has 5 nitrogen and oxygen atoms in total. The second-order valence-electron chi connectivity index (χ2n) is 3.83. The summed E-state index contributed by atoms with van der Waals surface area (Å²) < 4.78 is 0.716. The predicted molar refractivity (Wildman–Crippen MR) is 81.2 cm³/mol. The fourth-order valence-corrected chi connectivity index (χ4v) is 2.16. The number of nitrogen functional groups attached to an aromatic ring is 1. The Morgan fingerprint density at radius 2 is 1.84 bits per heavy atom. The molecule has 1 heterocycles. The van der Waals surface area contributed by atoms with Crippen LogP contribution >= 0.6 is 27.5 Å². The van der Waals surface area contributed by atoms with Crippen LogP contribution in [0.4, 0.5) is 11.6 Å². The molecule has 0 amide bonds. The van der Waals surface area contributed by atoms with Gasteiger partial charge in [-0.15, -0.1) is 0 Å². The maximum Gasteiger partial charge on any atom is 0.159 e. The van der Waals surface area contributed by atoms with Crippen molar-refractivity contribution in [2.45, 2.75) is 6.42 Å². The van der Waals surface area contributed by atoms with Crippen molar-refractivity contribution in [3.63, 3.8) is 0 Å². The number of anilines is 2. The van der Waals surface area contributed by atoms with E-state index in [1.165, 1.54) is 11.9 Å². The van der Waals surface area contributed by atoms with Gasteiger partial charge in [-0.3, -0.25) is 0 Å². The van der Waals surface area contributed by atoms with Crippen LogP contribution < -0.4 is 16.6 Å². The van der Waals surface area contributed by atoms with Gasteiger partial charge in [0.05, 0.1) is 0 Å². The van der Waals surface area contributed by atoms with Crippen molar-refractivity contribution in [3.8, 4) is 0 Å². The molecule has 7 heteroatoms. The second kappa shape index (κ2) is 6.70. The van der Waals surface area contributed by atoms with Crippen LogP contribution in [0.15, 0.2) is 35.1 Å². The minimum atomic E-state index is 0.545. The third kappa shape index (κ3) is 3.79. The topological polar surface area (TPSA) is 75.9 Å². The molecule has 1 aromatic carbocycles. The summed E-state index contributed by atoms with van der Waals surface area (Å²) in [5.74, 6) is 6.59. The lowest BCUT2D eigenvalue weighted by Crippen LogP contribution is -2.12. The van der Waals surface area contributed by atoms with Crippen molar-refractivity contribution >= 4 is 39.2 Å². The fourth-order valence-electron chi connectivity index (χ4n) is 1.57. The molecule has 0 saturated carbocycles. The number of hydrazine groups is 1. The Bertz CT molecular complexity index is 546. The first-order valence-electron chi connectivity index (χ1n) is 5.66. The highest BCUT2D eigenvalue weighted by molar-refractivity contribution is 9.10. The molecule has 0 unspecified atom stereocenters. The van der Waals surface area contributed by atoms with Crippen LogP contribution in [-0.4, -0.2) is 16.5 Å². The minimum Gasteiger partial charge on any atom is -0.369 e. The molecule has 0 aliphatic carbocycles. The normalized spacial score (nSPS) is 10.3. The molecule has 0 fully saturated rings. The molecular weight excluding hydrogens is 330 g/mol. The SMILES string of the molecule is NNc1ncnc(NCCc2ccc(Cl)cc2)c1Br. The van der Waals surface area contributed by atoms with E-state index >= 15 is 0 Å². The van der Waals surface area contributed by atoms with Gasteiger partial charge in [0.1, 0.15) is 16.6 Å². The summed E-state index contributed by atoms with van der Waals surface area (Å²) in [4.78, 5) is 8.13. The number of nitrogens with zero attached hydrogens (tertiary/aromatic N) is 2. The van der Waals surface area contributed by atoms with Crippen molar-refractivity contribution in [3.05, 3.63) is 45.7 Å². The van der Waals surface area contributed by atoms with Crippen LogP contribution in [0, 0.1) is 0 Å². The average Bonchev–Trinajstić information content (AvgIpc) is 2.43. The third-order valence-corrected chi connectivity index (χ3v) is 3.55. The molecule has 0 radical (unpaired) electrons. The smallest absolute Gasteiger partial charge is 0.159 e. The molecule has 0 bridgehead atoms. The zero-order chi connectivity index (χ0) is 13.7. The number of nitrogens with two attached hydrogens (primary N) is 1. The van der Waals surface area contributed by atoms with Gasteiger partial charge < -0.3 is 10.7 Å². The molecule has 4 N–H and O–H groups in total. The van der Waals surface area contributed by atoms with E-state index in [0.29, 0.717) is 16.1 Å². The van der Waals surface area contributed by atoms with Crippen molar-refractivity contribution in [1.82, 2.24) is 9.97 Å². The lowest BCUT2D eigenvalue weighted by atomic mass is 10.1. The summed E-state index contributed by atoms with van der Waals surface area (Å²) in [5.41, 5.74) is 3.70. The van der Waals surface area contributed by atoms with Gasteiger partial charge >= 0.3 is 0 Å². The average molecular weight is 343 g/mol. The van der Waals surface area contributed by atoms with Gasteiger partial charge in [0.15, 0.2) is 5.82 Å². The van der Waals surface area contributed by atoms with Gasteiger partial charge in [-0.1, -0.05) is 23.7 Å². The molecule has 0 atom stereocenters. The number of aromatic nitrogens is 2. The van der Waals surface area contributed by atoms with Gasteiger partial charge in [-0.2, -0.15) is 0 Å². The van der Waals surface area contributed by atoms with Crippen molar-refractivity contribution in [2.75, 3.05) is 17.3 Å². The molecule has 0 aliphatic heterocycles. The molecule has 0 aliphatic rings. The number of nitrogens with one attached hydrogen (secondary N) is 2. The monoisotopic (exact) mass is 341 g/mol. The highest BCUT2D eigenvalue weighted by atomic mass is 79.9. The standard InChI is InChI=1S/C12H13BrClN5/c13-10-11(17-7-18-12(10)19-15)16-6-5-8-1-3-9(14)4-2-8/h1-4,7H,5-6,15H2,(H2,16,17,18,19). The van der Waals surface area contributed by atoms with Gasteiger partial charge in [0, 0.05) is 11.6 Å². The van der Waals surface area contributed by atoms with Crippen LogP contribution in [0.5, 0.6) is 0 Å². The highest BCUT2D eigenvalue weighted by Gasteiger charge is 2.06. The van der Waals surface area contributed by atoms with Gasteiger partial charge in [-0.25, -0.2) is 15.8 Å². The molecule has 0 saturated heterocycles. The van der Waals surface area contributed by atoms with Crippen molar-refractivity contribution in [1.29, 1.82) is 0 Å². The first kappa shape index (κ1) is 14.0. The summed E-state index contributed by atoms with van der Waals surface area (Å²) in [5, 5.41) is 3.97. The Morgan fingerprint density at radius 1 is 1.16 bits per heavy atom. The van der Waals surface area contributed by atoms with E-state index in [2.05, 4.69) is 36.6 Å². The van der Waals surface area contributed by atoms with Crippen molar-refractivity contribution < 1.29 is 0 Å². The van der Waals surface area contributed by atoms with E-state index in [1.54, 1.807) is 0 Å². The maximum atomic E-state index is 5.84. The molecule has 2 aromatic rings. The Hall–Kier alpha value is -1.37. The zero-order valence-electron chi connectivity index (χ0n) is 10.0. The number of benzene rings is 1. The third-order valence-electron chi connectivity index (χ3n) is 2.55.